The van der Waals surface area contributed by atoms with E-state index < -0.39 is 27.9 Å². The average molecular weight is 408 g/mol. The maximum Gasteiger partial charge on any atom is 0.296 e. The summed E-state index contributed by atoms with van der Waals surface area (Å²) in [5.41, 5.74) is 1.42. The van der Waals surface area contributed by atoms with E-state index in [4.69, 9.17) is 13.7 Å². The van der Waals surface area contributed by atoms with Crippen LogP contribution in [0.4, 0.5) is 4.39 Å². The molecule has 0 amide bonds. The number of ether oxygens (including phenoxy) is 2. The van der Waals surface area contributed by atoms with Crippen LogP contribution in [0.25, 0.3) is 0 Å². The van der Waals surface area contributed by atoms with Crippen molar-refractivity contribution in [2.75, 3.05) is 13.2 Å². The lowest BCUT2D eigenvalue weighted by molar-refractivity contribution is -0.141. The Labute approximate surface area is 165 Å². The maximum atomic E-state index is 14.4. The van der Waals surface area contributed by atoms with Gasteiger partial charge in [-0.15, -0.1) is 0 Å². The Morgan fingerprint density at radius 3 is 2.46 bits per heavy atom. The molecule has 0 saturated carbocycles. The van der Waals surface area contributed by atoms with Gasteiger partial charge in [-0.25, -0.2) is 4.39 Å². The number of rotatable bonds is 7. The molecule has 0 aliphatic carbocycles. The molecule has 1 heterocycles. The largest absolute Gasteiger partial charge is 0.348 e. The molecule has 2 aromatic rings. The molecule has 1 aliphatic rings. The smallest absolute Gasteiger partial charge is 0.296 e. The maximum absolute atomic E-state index is 14.4. The van der Waals surface area contributed by atoms with Crippen LogP contribution in [0.2, 0.25) is 0 Å². The minimum absolute atomic E-state index is 0.0878. The highest BCUT2D eigenvalue weighted by atomic mass is 32.2. The molecule has 3 rings (SSSR count). The first-order valence-electron chi connectivity index (χ1n) is 9.20. The number of benzene rings is 2. The fraction of sp³-hybridized carbons (Fsp3) is 0.429. The highest BCUT2D eigenvalue weighted by Crippen LogP contribution is 2.35. The first kappa shape index (κ1) is 20.9. The van der Waals surface area contributed by atoms with Gasteiger partial charge in [-0.2, -0.15) is 8.42 Å². The molecule has 152 valence electrons. The third kappa shape index (κ3) is 4.97. The van der Waals surface area contributed by atoms with Crippen molar-refractivity contribution in [1.29, 1.82) is 0 Å². The van der Waals surface area contributed by atoms with E-state index in [1.807, 2.05) is 6.92 Å². The molecule has 0 radical (unpaired) electrons. The van der Waals surface area contributed by atoms with Crippen molar-refractivity contribution in [2.45, 2.75) is 49.9 Å². The van der Waals surface area contributed by atoms with E-state index in [0.29, 0.717) is 12.2 Å². The first-order valence-corrected chi connectivity index (χ1v) is 10.6. The van der Waals surface area contributed by atoms with Gasteiger partial charge in [0.2, 0.25) is 0 Å². The van der Waals surface area contributed by atoms with E-state index >= 15 is 0 Å². The molecule has 5 nitrogen and oxygen atoms in total. The van der Waals surface area contributed by atoms with Crippen LogP contribution in [-0.2, 0) is 23.8 Å². The second kappa shape index (κ2) is 8.29. The van der Waals surface area contributed by atoms with Crippen LogP contribution >= 0.6 is 0 Å². The number of hydrogen-bond acceptors (Lipinski definition) is 5. The molecule has 2 atom stereocenters. The summed E-state index contributed by atoms with van der Waals surface area (Å²) in [5, 5.41) is 0. The summed E-state index contributed by atoms with van der Waals surface area (Å²) in [6.07, 6.45) is -0.117. The number of aryl methyl sites for hydroxylation is 1. The van der Waals surface area contributed by atoms with E-state index in [-0.39, 0.29) is 23.7 Å². The zero-order chi connectivity index (χ0) is 20.4. The second-order valence-electron chi connectivity index (χ2n) is 7.37. The minimum Gasteiger partial charge on any atom is -0.348 e. The van der Waals surface area contributed by atoms with Gasteiger partial charge in [0.1, 0.15) is 5.82 Å². The molecular weight excluding hydrogens is 383 g/mol. The fourth-order valence-corrected chi connectivity index (χ4v) is 4.21. The van der Waals surface area contributed by atoms with Crippen molar-refractivity contribution in [3.05, 3.63) is 65.5 Å². The molecule has 1 fully saturated rings. The highest BCUT2D eigenvalue weighted by Gasteiger charge is 2.38. The lowest BCUT2D eigenvalue weighted by Crippen LogP contribution is -2.27. The molecule has 1 aliphatic heterocycles. The summed E-state index contributed by atoms with van der Waals surface area (Å²) < 4.78 is 55.9. The zero-order valence-corrected chi connectivity index (χ0v) is 17.0. The third-order valence-electron chi connectivity index (χ3n) is 4.76. The predicted molar refractivity (Wildman–Crippen MR) is 103 cm³/mol. The van der Waals surface area contributed by atoms with Gasteiger partial charge in [0.05, 0.1) is 24.2 Å². The lowest BCUT2D eigenvalue weighted by Gasteiger charge is -2.25. The van der Waals surface area contributed by atoms with Crippen LogP contribution < -0.4 is 0 Å². The van der Waals surface area contributed by atoms with Crippen molar-refractivity contribution in [3.8, 4) is 0 Å². The Morgan fingerprint density at radius 1 is 1.18 bits per heavy atom. The number of halogens is 1. The minimum atomic E-state index is -3.88. The van der Waals surface area contributed by atoms with Crippen LogP contribution in [0.5, 0.6) is 0 Å². The Balaban J connectivity index is 1.73. The molecule has 1 unspecified atom stereocenters. The van der Waals surface area contributed by atoms with Crippen LogP contribution in [0, 0.1) is 12.7 Å². The molecule has 0 N–H and O–H groups in total. The standard InChI is InChI=1S/C21H25FO5S/c1-15-8-10-16(11-9-15)28(23,24)26-13-12-18(17-6-4-5-7-19(17)22)20-14-25-21(2,3)27-20/h4-11,18,20H,12-14H2,1-3H3/t18?,20-/m0/s1. The Bertz CT molecular complexity index is 909. The van der Waals surface area contributed by atoms with Crippen LogP contribution in [0.1, 0.15) is 37.3 Å². The van der Waals surface area contributed by atoms with Gasteiger partial charge in [0.15, 0.2) is 5.79 Å². The quantitative estimate of drug-likeness (QED) is 0.644. The highest BCUT2D eigenvalue weighted by molar-refractivity contribution is 7.86. The normalized spacial score (nSPS) is 20.2. The lowest BCUT2D eigenvalue weighted by atomic mass is 9.90. The van der Waals surface area contributed by atoms with E-state index in [1.165, 1.54) is 18.2 Å². The molecular formula is C21H25FO5S. The molecule has 2 aromatic carbocycles. The Kier molecular flexibility index (Phi) is 6.19. The zero-order valence-electron chi connectivity index (χ0n) is 16.2. The number of hydrogen-bond donors (Lipinski definition) is 0. The first-order chi connectivity index (χ1) is 13.2. The van der Waals surface area contributed by atoms with Crippen molar-refractivity contribution < 1.29 is 26.5 Å². The van der Waals surface area contributed by atoms with Gasteiger partial charge in [-0.1, -0.05) is 35.9 Å². The van der Waals surface area contributed by atoms with Crippen molar-refractivity contribution in [3.63, 3.8) is 0 Å². The van der Waals surface area contributed by atoms with Crippen molar-refractivity contribution >= 4 is 10.1 Å². The molecule has 0 aromatic heterocycles. The predicted octanol–water partition coefficient (Wildman–Crippen LogP) is 4.16. The second-order valence-corrected chi connectivity index (χ2v) is 8.99. The van der Waals surface area contributed by atoms with E-state index in [1.54, 1.807) is 44.2 Å². The van der Waals surface area contributed by atoms with E-state index in [9.17, 15) is 12.8 Å². The summed E-state index contributed by atoms with van der Waals surface area (Å²) in [4.78, 5) is 0.0992. The van der Waals surface area contributed by atoms with Gasteiger partial charge >= 0.3 is 0 Å². The van der Waals surface area contributed by atoms with Crippen LogP contribution in [-0.4, -0.2) is 33.5 Å². The summed E-state index contributed by atoms with van der Waals surface area (Å²) in [6.45, 7) is 5.68. The molecule has 1 saturated heterocycles. The molecule has 28 heavy (non-hydrogen) atoms. The third-order valence-corrected chi connectivity index (χ3v) is 6.09. The van der Waals surface area contributed by atoms with Gasteiger partial charge < -0.3 is 9.47 Å². The summed E-state index contributed by atoms with van der Waals surface area (Å²) in [7, 11) is -3.88. The summed E-state index contributed by atoms with van der Waals surface area (Å²) in [6, 6.07) is 12.9. The van der Waals surface area contributed by atoms with Crippen LogP contribution in [0.15, 0.2) is 53.4 Å². The van der Waals surface area contributed by atoms with Crippen LogP contribution in [0.3, 0.4) is 0 Å². The monoisotopic (exact) mass is 408 g/mol. The molecule has 0 bridgehead atoms. The fourth-order valence-electron chi connectivity index (χ4n) is 3.29. The van der Waals surface area contributed by atoms with Gasteiger partial charge in [-0.05, 0) is 51.0 Å². The topological polar surface area (TPSA) is 61.8 Å². The van der Waals surface area contributed by atoms with Crippen molar-refractivity contribution in [1.82, 2.24) is 0 Å². The van der Waals surface area contributed by atoms with Crippen molar-refractivity contribution in [2.24, 2.45) is 0 Å². The Morgan fingerprint density at radius 2 is 1.86 bits per heavy atom. The van der Waals surface area contributed by atoms with Gasteiger partial charge in [-0.3, -0.25) is 4.18 Å². The van der Waals surface area contributed by atoms with Gasteiger partial charge in [0.25, 0.3) is 10.1 Å². The SMILES string of the molecule is Cc1ccc(S(=O)(=O)OCCC(c2ccccc2F)[C@@H]2COC(C)(C)O2)cc1. The van der Waals surface area contributed by atoms with E-state index in [0.717, 1.165) is 5.56 Å². The average Bonchev–Trinajstić information content (AvgIpc) is 2.99. The Hall–Kier alpha value is -1.80. The van der Waals surface area contributed by atoms with Gasteiger partial charge in [0, 0.05) is 5.92 Å². The molecule has 7 heteroatoms. The molecule has 0 spiro atoms. The van der Waals surface area contributed by atoms with E-state index in [2.05, 4.69) is 0 Å². The summed E-state index contributed by atoms with van der Waals surface area (Å²) >= 11 is 0. The summed E-state index contributed by atoms with van der Waals surface area (Å²) in [5.74, 6) is -1.51.